The molecule has 6 nitrogen and oxygen atoms in total. The largest absolute Gasteiger partial charge is 0.512 e. The quantitative estimate of drug-likeness (QED) is 0.524. The topological polar surface area (TPSA) is 84.0 Å². The summed E-state index contributed by atoms with van der Waals surface area (Å²) in [6, 6.07) is 5.19. The van der Waals surface area contributed by atoms with E-state index in [0.29, 0.717) is 5.65 Å². The first kappa shape index (κ1) is 13.7. The van der Waals surface area contributed by atoms with E-state index in [4.69, 9.17) is 0 Å². The Bertz CT molecular complexity index is 784. The van der Waals surface area contributed by atoms with Crippen molar-refractivity contribution in [2.24, 2.45) is 4.99 Å². The summed E-state index contributed by atoms with van der Waals surface area (Å²) in [5.41, 5.74) is 0.318. The number of carbonyl (C=O) groups is 1. The molecule has 0 aliphatic rings. The Kier molecular flexibility index (Phi) is 3.74. The number of ketones is 1. The second-order valence-corrected chi connectivity index (χ2v) is 4.19. The number of pyridine rings is 1. The third kappa shape index (κ3) is 2.64. The number of aromatic nitrogens is 2. The zero-order valence-corrected chi connectivity index (χ0v) is 11.1. The zero-order chi connectivity index (χ0) is 14.7. The summed E-state index contributed by atoms with van der Waals surface area (Å²) in [6.45, 7) is 2.70. The third-order valence-corrected chi connectivity index (χ3v) is 2.70. The minimum atomic E-state index is -0.342. The van der Waals surface area contributed by atoms with E-state index in [-0.39, 0.29) is 28.4 Å². The molecule has 102 valence electrons. The fourth-order valence-corrected chi connectivity index (χ4v) is 1.68. The van der Waals surface area contributed by atoms with Crippen LogP contribution in [0.2, 0.25) is 0 Å². The van der Waals surface area contributed by atoms with E-state index >= 15 is 0 Å². The van der Waals surface area contributed by atoms with Crippen LogP contribution in [0.5, 0.6) is 0 Å². The molecule has 2 aromatic heterocycles. The third-order valence-electron chi connectivity index (χ3n) is 2.70. The first-order valence-electron chi connectivity index (χ1n) is 5.92. The molecule has 2 rings (SSSR count). The van der Waals surface area contributed by atoms with Crippen molar-refractivity contribution < 1.29 is 9.90 Å². The molecule has 0 fully saturated rings. The summed E-state index contributed by atoms with van der Waals surface area (Å²) < 4.78 is 1.36. The minimum Gasteiger partial charge on any atom is -0.512 e. The summed E-state index contributed by atoms with van der Waals surface area (Å²) in [7, 11) is 0. The van der Waals surface area contributed by atoms with E-state index in [2.05, 4.69) is 9.98 Å². The maximum atomic E-state index is 12.1. The summed E-state index contributed by atoms with van der Waals surface area (Å²) in [6.07, 6.45) is 4.09. The maximum Gasteiger partial charge on any atom is 0.283 e. The molecule has 0 aliphatic heterocycles. The number of rotatable bonds is 3. The smallest absolute Gasteiger partial charge is 0.283 e. The molecular formula is C14H13N3O3. The lowest BCUT2D eigenvalue weighted by Gasteiger charge is -2.00. The molecule has 6 heteroatoms. The number of fused-ring (bicyclic) bond motifs is 1. The van der Waals surface area contributed by atoms with Gasteiger partial charge < -0.3 is 5.11 Å². The van der Waals surface area contributed by atoms with Gasteiger partial charge in [0.1, 0.15) is 17.1 Å². The van der Waals surface area contributed by atoms with Crippen LogP contribution in [0, 0.1) is 0 Å². The lowest BCUT2D eigenvalue weighted by atomic mass is 10.2. The average molecular weight is 271 g/mol. The van der Waals surface area contributed by atoms with E-state index in [0.717, 1.165) is 0 Å². The van der Waals surface area contributed by atoms with Crippen molar-refractivity contribution in [2.45, 2.75) is 13.8 Å². The predicted octanol–water partition coefficient (Wildman–Crippen LogP) is 1.82. The van der Waals surface area contributed by atoms with Crippen molar-refractivity contribution in [2.75, 3.05) is 0 Å². The van der Waals surface area contributed by atoms with Gasteiger partial charge in [0.25, 0.3) is 5.56 Å². The Morgan fingerprint density at radius 2 is 2.15 bits per heavy atom. The van der Waals surface area contributed by atoms with Gasteiger partial charge in [-0.05, 0) is 26.0 Å². The number of carbonyl (C=O) groups excluding carboxylic acids is 1. The Morgan fingerprint density at radius 1 is 1.40 bits per heavy atom. The molecular weight excluding hydrogens is 258 g/mol. The second-order valence-electron chi connectivity index (χ2n) is 4.19. The van der Waals surface area contributed by atoms with Gasteiger partial charge in [0.2, 0.25) is 0 Å². The number of allylic oxidation sites excluding steroid dienone is 2. The molecule has 1 N–H and O–H groups in total. The number of Topliss-reactive ketones (excluding diaryl/α,β-unsaturated/α-hetero) is 1. The van der Waals surface area contributed by atoms with E-state index in [1.165, 1.54) is 30.7 Å². The van der Waals surface area contributed by atoms with Crippen molar-refractivity contribution in [3.05, 3.63) is 52.3 Å². The molecule has 0 spiro atoms. The predicted molar refractivity (Wildman–Crippen MR) is 75.6 cm³/mol. The number of nitrogens with zero attached hydrogens (tertiary/aromatic N) is 3. The molecule has 2 heterocycles. The molecule has 0 atom stereocenters. The van der Waals surface area contributed by atoms with E-state index in [1.54, 1.807) is 24.4 Å². The standard InChI is InChI=1S/C14H13N3O3/c1-9(18)11(10(2)19)7-15-12-8-16-13-5-3-4-6-17(13)14(12)20/h3-8,18H,1-2H3/b11-9+,15-7?. The monoisotopic (exact) mass is 271 g/mol. The number of hydrogen-bond donors (Lipinski definition) is 1. The Balaban J connectivity index is 2.50. The average Bonchev–Trinajstić information content (AvgIpc) is 2.41. The number of hydrogen-bond acceptors (Lipinski definition) is 5. The van der Waals surface area contributed by atoms with Crippen molar-refractivity contribution in [3.8, 4) is 0 Å². The van der Waals surface area contributed by atoms with Gasteiger partial charge in [-0.2, -0.15) is 0 Å². The number of aliphatic hydroxyl groups is 1. The van der Waals surface area contributed by atoms with Crippen LogP contribution < -0.4 is 5.56 Å². The minimum absolute atomic E-state index is 0.0579. The van der Waals surface area contributed by atoms with Gasteiger partial charge in [-0.25, -0.2) is 9.98 Å². The second kappa shape index (κ2) is 5.48. The van der Waals surface area contributed by atoms with Crippen molar-refractivity contribution in [3.63, 3.8) is 0 Å². The van der Waals surface area contributed by atoms with Gasteiger partial charge in [-0.3, -0.25) is 14.0 Å². The molecule has 0 aliphatic carbocycles. The molecule has 20 heavy (non-hydrogen) atoms. The van der Waals surface area contributed by atoms with Crippen LogP contribution in [0.15, 0.2) is 51.7 Å². The normalized spacial score (nSPS) is 12.7. The summed E-state index contributed by atoms with van der Waals surface area (Å²) in [4.78, 5) is 31.5. The summed E-state index contributed by atoms with van der Waals surface area (Å²) in [5, 5.41) is 9.37. The highest BCUT2D eigenvalue weighted by Crippen LogP contribution is 2.07. The molecule has 0 bridgehead atoms. The van der Waals surface area contributed by atoms with Crippen molar-refractivity contribution >= 4 is 23.3 Å². The number of aliphatic imine (C=N–C) groups is 1. The van der Waals surface area contributed by atoms with Crippen molar-refractivity contribution in [1.82, 2.24) is 9.38 Å². The first-order chi connectivity index (χ1) is 9.50. The lowest BCUT2D eigenvalue weighted by Crippen LogP contribution is -2.13. The van der Waals surface area contributed by atoms with E-state index in [1.807, 2.05) is 0 Å². The summed E-state index contributed by atoms with van der Waals surface area (Å²) >= 11 is 0. The fourth-order valence-electron chi connectivity index (χ4n) is 1.68. The van der Waals surface area contributed by atoms with Gasteiger partial charge in [0, 0.05) is 12.4 Å². The van der Waals surface area contributed by atoms with Crippen LogP contribution in [-0.2, 0) is 4.79 Å². The molecule has 0 radical (unpaired) electrons. The first-order valence-corrected chi connectivity index (χ1v) is 5.92. The van der Waals surface area contributed by atoms with Crippen LogP contribution in [0.1, 0.15) is 13.8 Å². The Morgan fingerprint density at radius 3 is 2.80 bits per heavy atom. The van der Waals surface area contributed by atoms with Crippen molar-refractivity contribution in [1.29, 1.82) is 0 Å². The van der Waals surface area contributed by atoms with Gasteiger partial charge in [0.05, 0.1) is 11.8 Å². The SMILES string of the molecule is CC(=O)/C(C=Nc1cnc2ccccn2c1=O)=C(\C)O. The summed E-state index contributed by atoms with van der Waals surface area (Å²) in [5.74, 6) is -0.474. The van der Waals surface area contributed by atoms with Gasteiger partial charge in [-0.15, -0.1) is 0 Å². The Labute approximate surface area is 114 Å². The molecule has 0 aromatic carbocycles. The molecule has 0 amide bonds. The maximum absolute atomic E-state index is 12.1. The van der Waals surface area contributed by atoms with Crippen LogP contribution in [-0.4, -0.2) is 26.5 Å². The molecule has 0 saturated heterocycles. The van der Waals surface area contributed by atoms with Gasteiger partial charge in [0.15, 0.2) is 5.78 Å². The van der Waals surface area contributed by atoms with E-state index < -0.39 is 0 Å². The van der Waals surface area contributed by atoms with Crippen LogP contribution in [0.3, 0.4) is 0 Å². The van der Waals surface area contributed by atoms with Crippen LogP contribution >= 0.6 is 0 Å². The number of aliphatic hydroxyl groups excluding tert-OH is 1. The Hall–Kier alpha value is -2.76. The highest BCUT2D eigenvalue weighted by atomic mass is 16.3. The van der Waals surface area contributed by atoms with Crippen LogP contribution in [0.25, 0.3) is 5.65 Å². The van der Waals surface area contributed by atoms with Gasteiger partial charge in [-0.1, -0.05) is 6.07 Å². The van der Waals surface area contributed by atoms with E-state index in [9.17, 15) is 14.7 Å². The van der Waals surface area contributed by atoms with Gasteiger partial charge >= 0.3 is 0 Å². The molecule has 2 aromatic rings. The fraction of sp³-hybridized carbons (Fsp3) is 0.143. The molecule has 0 saturated carbocycles. The molecule has 0 unspecified atom stereocenters. The van der Waals surface area contributed by atoms with Crippen LogP contribution in [0.4, 0.5) is 5.69 Å². The lowest BCUT2D eigenvalue weighted by molar-refractivity contribution is -0.113. The highest BCUT2D eigenvalue weighted by molar-refractivity contribution is 6.12. The zero-order valence-electron chi connectivity index (χ0n) is 11.1. The highest BCUT2D eigenvalue weighted by Gasteiger charge is 2.06.